The number of sulfonamides is 1. The average molecular weight is 251 g/mol. The molecular weight excluding hydrogens is 238 g/mol. The van der Waals surface area contributed by atoms with E-state index >= 15 is 0 Å². The molecule has 0 aromatic heterocycles. The third-order valence-electron chi connectivity index (χ3n) is 2.54. The molecule has 0 amide bonds. The Morgan fingerprint density at radius 2 is 1.76 bits per heavy atom. The van der Waals surface area contributed by atoms with Crippen molar-refractivity contribution >= 4 is 26.5 Å². The van der Waals surface area contributed by atoms with Gasteiger partial charge in [0.15, 0.2) is 0 Å². The summed E-state index contributed by atoms with van der Waals surface area (Å²) in [5.74, 6) is 0.155. The van der Waals surface area contributed by atoms with E-state index in [4.69, 9.17) is 0 Å². The van der Waals surface area contributed by atoms with Gasteiger partial charge < -0.3 is 5.11 Å². The highest BCUT2D eigenvalue weighted by Crippen LogP contribution is 2.30. The molecule has 0 aliphatic carbocycles. The van der Waals surface area contributed by atoms with Gasteiger partial charge in [-0.05, 0) is 19.1 Å². The lowest BCUT2D eigenvalue weighted by molar-refractivity contribution is 0.481. The number of aromatic hydroxyl groups is 1. The maximum Gasteiger partial charge on any atom is 0.232 e. The van der Waals surface area contributed by atoms with Crippen LogP contribution in [-0.4, -0.2) is 19.3 Å². The lowest BCUT2D eigenvalue weighted by Crippen LogP contribution is -2.14. The molecule has 2 N–H and O–H groups in total. The molecule has 0 aliphatic rings. The molecule has 4 nitrogen and oxygen atoms in total. The molecule has 0 saturated carbocycles. The smallest absolute Gasteiger partial charge is 0.232 e. The molecule has 0 fully saturated rings. The monoisotopic (exact) mass is 251 g/mol. The quantitative estimate of drug-likeness (QED) is 0.879. The molecule has 0 aliphatic heterocycles. The molecule has 5 heteroatoms. The van der Waals surface area contributed by atoms with E-state index in [0.717, 1.165) is 0 Å². The Hall–Kier alpha value is -1.75. The van der Waals surface area contributed by atoms with Gasteiger partial charge >= 0.3 is 0 Å². The molecule has 90 valence electrons. The minimum atomic E-state index is -3.31. The normalized spacial score (nSPS) is 11.6. The van der Waals surface area contributed by atoms with Crippen molar-refractivity contribution < 1.29 is 13.5 Å². The van der Waals surface area contributed by atoms with Crippen LogP contribution in [0.5, 0.6) is 5.75 Å². The molecule has 0 bridgehead atoms. The number of nitrogens with one attached hydrogen (secondary N) is 1. The second-order valence-electron chi connectivity index (χ2n) is 3.68. The molecule has 2 rings (SSSR count). The SMILES string of the molecule is CCS(=O)(=O)Nc1cccc2c(O)cccc12. The van der Waals surface area contributed by atoms with E-state index in [9.17, 15) is 13.5 Å². The van der Waals surface area contributed by atoms with Gasteiger partial charge in [0.1, 0.15) is 5.75 Å². The third kappa shape index (κ3) is 2.34. The first-order valence-electron chi connectivity index (χ1n) is 5.24. The van der Waals surface area contributed by atoms with Gasteiger partial charge in [-0.25, -0.2) is 8.42 Å². The first-order valence-corrected chi connectivity index (χ1v) is 6.90. The van der Waals surface area contributed by atoms with Crippen LogP contribution in [0, 0.1) is 0 Å². The molecule has 17 heavy (non-hydrogen) atoms. The molecule has 0 saturated heterocycles. The second kappa shape index (κ2) is 4.25. The minimum Gasteiger partial charge on any atom is -0.507 e. The highest BCUT2D eigenvalue weighted by molar-refractivity contribution is 7.92. The number of fused-ring (bicyclic) bond motifs is 1. The Morgan fingerprint density at radius 3 is 2.47 bits per heavy atom. The number of rotatable bonds is 3. The van der Waals surface area contributed by atoms with Crippen molar-refractivity contribution in [2.24, 2.45) is 0 Å². The van der Waals surface area contributed by atoms with Crippen LogP contribution in [0.25, 0.3) is 10.8 Å². The lowest BCUT2D eigenvalue weighted by atomic mass is 10.1. The van der Waals surface area contributed by atoms with Crippen LogP contribution < -0.4 is 4.72 Å². The predicted octanol–water partition coefficient (Wildman–Crippen LogP) is 2.31. The first-order chi connectivity index (χ1) is 8.03. The van der Waals surface area contributed by atoms with Gasteiger partial charge in [0, 0.05) is 10.8 Å². The Labute approximate surface area is 99.9 Å². The van der Waals surface area contributed by atoms with Gasteiger partial charge in [0.05, 0.1) is 11.4 Å². The fourth-order valence-electron chi connectivity index (χ4n) is 1.62. The van der Waals surface area contributed by atoms with E-state index in [-0.39, 0.29) is 11.5 Å². The molecule has 0 radical (unpaired) electrons. The fraction of sp³-hybridized carbons (Fsp3) is 0.167. The number of hydrogen-bond acceptors (Lipinski definition) is 3. The first kappa shape index (κ1) is 11.7. The Bertz CT molecular complexity index is 650. The summed E-state index contributed by atoms with van der Waals surface area (Å²) in [6, 6.07) is 10.1. The summed E-state index contributed by atoms with van der Waals surface area (Å²) >= 11 is 0. The van der Waals surface area contributed by atoms with E-state index in [1.54, 1.807) is 43.3 Å². The second-order valence-corrected chi connectivity index (χ2v) is 5.69. The van der Waals surface area contributed by atoms with Gasteiger partial charge in [-0.2, -0.15) is 0 Å². The van der Waals surface area contributed by atoms with Crippen LogP contribution in [0.15, 0.2) is 36.4 Å². The van der Waals surface area contributed by atoms with Crippen molar-refractivity contribution in [1.29, 1.82) is 0 Å². The Balaban J connectivity index is 2.60. The van der Waals surface area contributed by atoms with Crippen molar-refractivity contribution in [1.82, 2.24) is 0 Å². The zero-order chi connectivity index (χ0) is 12.5. The molecule has 0 unspecified atom stereocenters. The van der Waals surface area contributed by atoms with E-state index in [2.05, 4.69) is 4.72 Å². The summed E-state index contributed by atoms with van der Waals surface area (Å²) in [6.45, 7) is 1.57. The molecular formula is C12H13NO3S. The maximum atomic E-state index is 11.5. The summed E-state index contributed by atoms with van der Waals surface area (Å²) < 4.78 is 25.5. The zero-order valence-electron chi connectivity index (χ0n) is 9.34. The molecule has 0 atom stereocenters. The van der Waals surface area contributed by atoms with Crippen LogP contribution in [-0.2, 0) is 10.0 Å². The molecule has 2 aromatic rings. The fourth-order valence-corrected chi connectivity index (χ4v) is 2.28. The Kier molecular flexibility index (Phi) is 2.93. The van der Waals surface area contributed by atoms with Crippen molar-refractivity contribution in [3.8, 4) is 5.75 Å². The lowest BCUT2D eigenvalue weighted by Gasteiger charge is -2.09. The summed E-state index contributed by atoms with van der Waals surface area (Å²) in [5, 5.41) is 11.0. The van der Waals surface area contributed by atoms with Crippen molar-refractivity contribution in [3.05, 3.63) is 36.4 Å². The van der Waals surface area contributed by atoms with Crippen LogP contribution in [0.2, 0.25) is 0 Å². The van der Waals surface area contributed by atoms with Gasteiger partial charge in [-0.15, -0.1) is 0 Å². The number of benzene rings is 2. The van der Waals surface area contributed by atoms with Crippen LogP contribution >= 0.6 is 0 Å². The zero-order valence-corrected chi connectivity index (χ0v) is 10.2. The largest absolute Gasteiger partial charge is 0.507 e. The minimum absolute atomic E-state index is 0.0161. The number of anilines is 1. The van der Waals surface area contributed by atoms with E-state index in [1.165, 1.54) is 0 Å². The van der Waals surface area contributed by atoms with Crippen LogP contribution in [0.4, 0.5) is 5.69 Å². The molecule has 0 heterocycles. The summed E-state index contributed by atoms with van der Waals surface area (Å²) in [6.07, 6.45) is 0. The van der Waals surface area contributed by atoms with Crippen LogP contribution in [0.1, 0.15) is 6.92 Å². The predicted molar refractivity (Wildman–Crippen MR) is 68.7 cm³/mol. The highest BCUT2D eigenvalue weighted by atomic mass is 32.2. The van der Waals surface area contributed by atoms with E-state index < -0.39 is 10.0 Å². The van der Waals surface area contributed by atoms with Crippen molar-refractivity contribution in [3.63, 3.8) is 0 Å². The third-order valence-corrected chi connectivity index (χ3v) is 3.84. The summed E-state index contributed by atoms with van der Waals surface area (Å²) in [5.41, 5.74) is 0.486. The Morgan fingerprint density at radius 1 is 1.12 bits per heavy atom. The molecule has 0 spiro atoms. The van der Waals surface area contributed by atoms with Crippen molar-refractivity contribution in [2.75, 3.05) is 10.5 Å². The number of phenolic OH excluding ortho intramolecular Hbond substituents is 1. The van der Waals surface area contributed by atoms with Crippen LogP contribution in [0.3, 0.4) is 0 Å². The number of phenols is 1. The topological polar surface area (TPSA) is 66.4 Å². The highest BCUT2D eigenvalue weighted by Gasteiger charge is 2.10. The summed E-state index contributed by atoms with van der Waals surface area (Å²) in [7, 11) is -3.31. The van der Waals surface area contributed by atoms with Crippen molar-refractivity contribution in [2.45, 2.75) is 6.92 Å². The summed E-state index contributed by atoms with van der Waals surface area (Å²) in [4.78, 5) is 0. The molecule has 2 aromatic carbocycles. The van der Waals surface area contributed by atoms with Gasteiger partial charge in [0.2, 0.25) is 10.0 Å². The average Bonchev–Trinajstić information content (AvgIpc) is 2.30. The van der Waals surface area contributed by atoms with Gasteiger partial charge in [-0.1, -0.05) is 24.3 Å². The standard InChI is InChI=1S/C12H13NO3S/c1-2-17(15,16)13-11-7-3-6-10-9(11)5-4-8-12(10)14/h3-8,13-14H,2H2,1H3. The van der Waals surface area contributed by atoms with E-state index in [0.29, 0.717) is 16.5 Å². The van der Waals surface area contributed by atoms with Gasteiger partial charge in [0.25, 0.3) is 0 Å². The maximum absolute atomic E-state index is 11.5. The number of hydrogen-bond donors (Lipinski definition) is 2. The van der Waals surface area contributed by atoms with E-state index in [1.807, 2.05) is 0 Å². The van der Waals surface area contributed by atoms with Gasteiger partial charge in [-0.3, -0.25) is 4.72 Å².